The molecule has 14 heteroatoms. The van der Waals surface area contributed by atoms with E-state index in [2.05, 4.69) is 15.3 Å². The molecule has 0 amide bonds. The van der Waals surface area contributed by atoms with E-state index in [1.807, 2.05) is 0 Å². The number of rotatable bonds is 10. The molecule has 224 valence electrons. The zero-order valence-electron chi connectivity index (χ0n) is 23.6. The maximum absolute atomic E-state index is 13.1. The number of allylic oxidation sites excluding steroid dienone is 2. The van der Waals surface area contributed by atoms with Gasteiger partial charge in [-0.15, -0.1) is 0 Å². The standard InChI is InChI=1S/C22H24N4O6.C7H5NO3/c1-4-31-21(27)18-13(3)25-16(12-17-23-9-10-24-17)20(22(28)32-5-2)19(18)14-7-6-8-15(11-14)26(29)30;9-5-6-2-1-3-7(4-6)8(10)11/h6-11,19,25H,4-5,12H2,1-3H3,(H,23,24);1-5H. The van der Waals surface area contributed by atoms with Crippen molar-refractivity contribution in [1.29, 1.82) is 0 Å². The van der Waals surface area contributed by atoms with Gasteiger partial charge in [0.2, 0.25) is 0 Å². The predicted octanol–water partition coefficient (Wildman–Crippen LogP) is 4.31. The first-order valence-electron chi connectivity index (χ1n) is 13.1. The number of hydrogen-bond acceptors (Lipinski definition) is 11. The highest BCUT2D eigenvalue weighted by Gasteiger charge is 2.39. The van der Waals surface area contributed by atoms with Crippen molar-refractivity contribution in [3.05, 3.63) is 121 Å². The highest BCUT2D eigenvalue weighted by Crippen LogP contribution is 2.40. The van der Waals surface area contributed by atoms with Crippen LogP contribution in [0.15, 0.2) is 83.5 Å². The fraction of sp³-hybridized carbons (Fsp3) is 0.241. The smallest absolute Gasteiger partial charge is 0.336 e. The van der Waals surface area contributed by atoms with Gasteiger partial charge < -0.3 is 19.8 Å². The number of carbonyl (C=O) groups is 3. The summed E-state index contributed by atoms with van der Waals surface area (Å²) in [6.07, 6.45) is 4.06. The van der Waals surface area contributed by atoms with E-state index in [0.717, 1.165) is 0 Å². The predicted molar refractivity (Wildman–Crippen MR) is 153 cm³/mol. The number of esters is 2. The van der Waals surface area contributed by atoms with Crippen molar-refractivity contribution >= 4 is 29.6 Å². The Morgan fingerprint density at radius 2 is 1.56 bits per heavy atom. The minimum absolute atomic E-state index is 0.0606. The third kappa shape index (κ3) is 7.97. The molecule has 0 bridgehead atoms. The molecular weight excluding hydrogens is 562 g/mol. The van der Waals surface area contributed by atoms with E-state index in [-0.39, 0.29) is 42.2 Å². The molecule has 0 saturated carbocycles. The Labute approximate surface area is 245 Å². The van der Waals surface area contributed by atoms with E-state index >= 15 is 0 Å². The fourth-order valence-electron chi connectivity index (χ4n) is 4.39. The Kier molecular flexibility index (Phi) is 11.0. The molecule has 1 unspecified atom stereocenters. The normalized spacial score (nSPS) is 14.2. The lowest BCUT2D eigenvalue weighted by atomic mass is 9.79. The first kappa shape index (κ1) is 31.9. The lowest BCUT2D eigenvalue weighted by Crippen LogP contribution is -2.34. The minimum Gasteiger partial charge on any atom is -0.463 e. The Hall–Kier alpha value is -5.66. The first-order valence-corrected chi connectivity index (χ1v) is 13.1. The first-order chi connectivity index (χ1) is 20.6. The highest BCUT2D eigenvalue weighted by atomic mass is 16.6. The molecule has 0 aliphatic carbocycles. The van der Waals surface area contributed by atoms with Crippen LogP contribution in [0.5, 0.6) is 0 Å². The molecular formula is C29H29N5O9. The van der Waals surface area contributed by atoms with E-state index in [0.29, 0.717) is 34.6 Å². The van der Waals surface area contributed by atoms with Crippen LogP contribution in [-0.4, -0.2) is 51.3 Å². The van der Waals surface area contributed by atoms with Crippen LogP contribution in [0.25, 0.3) is 0 Å². The van der Waals surface area contributed by atoms with Crippen LogP contribution in [0.2, 0.25) is 0 Å². The van der Waals surface area contributed by atoms with Crippen LogP contribution in [0, 0.1) is 20.2 Å². The number of nitro groups is 2. The minimum atomic E-state index is -0.917. The van der Waals surface area contributed by atoms with Gasteiger partial charge in [0.1, 0.15) is 12.1 Å². The highest BCUT2D eigenvalue weighted by molar-refractivity contribution is 6.00. The molecule has 1 aromatic heterocycles. The van der Waals surface area contributed by atoms with E-state index in [9.17, 15) is 34.6 Å². The number of benzene rings is 2. The summed E-state index contributed by atoms with van der Waals surface area (Å²) in [5.41, 5.74) is 1.85. The second-order valence-electron chi connectivity index (χ2n) is 8.96. The number of hydrogen-bond donors (Lipinski definition) is 2. The van der Waals surface area contributed by atoms with Gasteiger partial charge in [0.25, 0.3) is 11.4 Å². The summed E-state index contributed by atoms with van der Waals surface area (Å²) in [6.45, 7) is 5.30. The van der Waals surface area contributed by atoms with Crippen LogP contribution in [0.4, 0.5) is 11.4 Å². The molecule has 14 nitrogen and oxygen atoms in total. The molecule has 2 heterocycles. The fourth-order valence-corrected chi connectivity index (χ4v) is 4.39. The molecule has 0 saturated heterocycles. The molecule has 0 fully saturated rings. The van der Waals surface area contributed by atoms with Crippen molar-refractivity contribution in [2.45, 2.75) is 33.1 Å². The van der Waals surface area contributed by atoms with E-state index in [1.54, 1.807) is 39.2 Å². The SMILES string of the molecule is CCOC(=O)C1=C(C)NC(Cc2ncc[nH]2)=C(C(=O)OCC)C1c1cccc([N+](=O)[O-])c1.O=Cc1cccc([N+](=O)[O-])c1. The van der Waals surface area contributed by atoms with Crippen molar-refractivity contribution in [2.24, 2.45) is 0 Å². The average Bonchev–Trinajstić information content (AvgIpc) is 3.50. The molecule has 1 atom stereocenters. The van der Waals surface area contributed by atoms with Crippen LogP contribution in [0.3, 0.4) is 0 Å². The van der Waals surface area contributed by atoms with Crippen molar-refractivity contribution in [2.75, 3.05) is 13.2 Å². The lowest BCUT2D eigenvalue weighted by Gasteiger charge is -2.31. The quantitative estimate of drug-likeness (QED) is 0.147. The number of non-ortho nitro benzene ring substituents is 2. The van der Waals surface area contributed by atoms with Crippen LogP contribution >= 0.6 is 0 Å². The van der Waals surface area contributed by atoms with Crippen LogP contribution in [-0.2, 0) is 25.5 Å². The zero-order chi connectivity index (χ0) is 31.5. The van der Waals surface area contributed by atoms with Gasteiger partial charge in [-0.25, -0.2) is 14.6 Å². The Bertz CT molecular complexity index is 1580. The summed E-state index contributed by atoms with van der Waals surface area (Å²) >= 11 is 0. The van der Waals surface area contributed by atoms with Gasteiger partial charge in [-0.2, -0.15) is 0 Å². The van der Waals surface area contributed by atoms with E-state index in [4.69, 9.17) is 9.47 Å². The molecule has 3 aromatic rings. The maximum atomic E-state index is 13.1. The molecule has 0 spiro atoms. The van der Waals surface area contributed by atoms with Gasteiger partial charge in [-0.1, -0.05) is 24.3 Å². The Balaban J connectivity index is 0.000000386. The number of aldehydes is 1. The number of aromatic nitrogens is 2. The van der Waals surface area contributed by atoms with Gasteiger partial charge in [-0.05, 0) is 26.3 Å². The third-order valence-corrected chi connectivity index (χ3v) is 6.17. The van der Waals surface area contributed by atoms with Crippen molar-refractivity contribution < 1.29 is 33.7 Å². The number of nitrogens with one attached hydrogen (secondary N) is 2. The van der Waals surface area contributed by atoms with Gasteiger partial charge in [0, 0.05) is 60.0 Å². The monoisotopic (exact) mass is 591 g/mol. The lowest BCUT2D eigenvalue weighted by molar-refractivity contribution is -0.385. The number of nitro benzene ring substituents is 2. The summed E-state index contributed by atoms with van der Waals surface area (Å²) in [5, 5.41) is 24.7. The number of ether oxygens (including phenoxy) is 2. The second-order valence-corrected chi connectivity index (χ2v) is 8.96. The summed E-state index contributed by atoms with van der Waals surface area (Å²) < 4.78 is 10.6. The molecule has 43 heavy (non-hydrogen) atoms. The molecule has 4 rings (SSSR count). The number of aromatic amines is 1. The third-order valence-electron chi connectivity index (χ3n) is 6.17. The van der Waals surface area contributed by atoms with Crippen molar-refractivity contribution in [3.63, 3.8) is 0 Å². The zero-order valence-corrected chi connectivity index (χ0v) is 23.6. The van der Waals surface area contributed by atoms with Crippen molar-refractivity contribution in [3.8, 4) is 0 Å². The molecule has 1 aliphatic rings. The summed E-state index contributed by atoms with van der Waals surface area (Å²) in [6, 6.07) is 11.4. The molecule has 2 N–H and O–H groups in total. The number of H-pyrrole nitrogens is 1. The number of carbonyl (C=O) groups excluding carboxylic acids is 3. The van der Waals surface area contributed by atoms with Gasteiger partial charge in [0.15, 0.2) is 0 Å². The molecule has 0 radical (unpaired) electrons. The largest absolute Gasteiger partial charge is 0.463 e. The number of dihydropyridines is 1. The maximum Gasteiger partial charge on any atom is 0.336 e. The second kappa shape index (κ2) is 14.8. The van der Waals surface area contributed by atoms with E-state index in [1.165, 1.54) is 42.5 Å². The van der Waals surface area contributed by atoms with E-state index < -0.39 is 27.7 Å². The van der Waals surface area contributed by atoms with Gasteiger partial charge in [0.05, 0.1) is 40.1 Å². The summed E-state index contributed by atoms with van der Waals surface area (Å²) in [4.78, 5) is 63.9. The van der Waals surface area contributed by atoms with Crippen molar-refractivity contribution in [1.82, 2.24) is 15.3 Å². The topological polar surface area (TPSA) is 197 Å². The Morgan fingerprint density at radius 1 is 0.953 bits per heavy atom. The summed E-state index contributed by atoms with van der Waals surface area (Å²) in [7, 11) is 0. The summed E-state index contributed by atoms with van der Waals surface area (Å²) in [5.74, 6) is -1.57. The van der Waals surface area contributed by atoms with Gasteiger partial charge >= 0.3 is 11.9 Å². The van der Waals surface area contributed by atoms with Gasteiger partial charge in [-0.3, -0.25) is 25.0 Å². The number of imidazole rings is 1. The number of nitrogens with zero attached hydrogens (tertiary/aromatic N) is 3. The van der Waals surface area contributed by atoms with Crippen LogP contribution < -0.4 is 5.32 Å². The Morgan fingerprint density at radius 3 is 2.12 bits per heavy atom. The molecule has 1 aliphatic heterocycles. The average molecular weight is 592 g/mol. The molecule has 2 aromatic carbocycles. The van der Waals surface area contributed by atoms with Crippen LogP contribution in [0.1, 0.15) is 48.4 Å².